The zero-order chi connectivity index (χ0) is 7.56. The largest absolute Gasteiger partial charge is 0.378 e. The van der Waals surface area contributed by atoms with E-state index < -0.39 is 0 Å². The first-order valence-corrected chi connectivity index (χ1v) is 3.37. The van der Waals surface area contributed by atoms with Gasteiger partial charge in [0.05, 0.1) is 12.0 Å². The minimum absolute atomic E-state index is 0. The van der Waals surface area contributed by atoms with Crippen molar-refractivity contribution in [3.8, 4) is 0 Å². The van der Waals surface area contributed by atoms with Crippen molar-refractivity contribution in [2.75, 3.05) is 6.61 Å². The summed E-state index contributed by atoms with van der Waals surface area (Å²) in [6, 6.07) is 0. The van der Waals surface area contributed by atoms with Crippen LogP contribution in [0.2, 0.25) is 0 Å². The van der Waals surface area contributed by atoms with Gasteiger partial charge in [0.15, 0.2) is 0 Å². The normalized spacial score (nSPS) is 29.3. The fourth-order valence-corrected chi connectivity index (χ4v) is 1.18. The molecule has 1 aliphatic heterocycles. The molecular formula is C6H13ClN2O2. The van der Waals surface area contributed by atoms with E-state index in [9.17, 15) is 4.79 Å². The van der Waals surface area contributed by atoms with Crippen molar-refractivity contribution < 1.29 is 9.53 Å². The molecule has 2 atom stereocenters. The maximum Gasteiger partial charge on any atom is 0.239 e. The molecule has 0 spiro atoms. The molecule has 0 unspecified atom stereocenters. The predicted octanol–water partition coefficient (Wildman–Crippen LogP) is -0.177. The molecule has 0 aromatic carbocycles. The predicted molar refractivity (Wildman–Crippen MR) is 43.1 cm³/mol. The van der Waals surface area contributed by atoms with Crippen molar-refractivity contribution >= 4 is 18.3 Å². The highest BCUT2D eigenvalue weighted by molar-refractivity contribution is 5.85. The Balaban J connectivity index is 0.000001000. The molecule has 1 aliphatic rings. The van der Waals surface area contributed by atoms with E-state index in [0.29, 0.717) is 6.61 Å². The number of nitrogens with two attached hydrogens (primary N) is 1. The van der Waals surface area contributed by atoms with Crippen molar-refractivity contribution in [3.63, 3.8) is 0 Å². The number of hydrogen-bond acceptors (Lipinski definition) is 3. The summed E-state index contributed by atoms with van der Waals surface area (Å²) in [6.45, 7) is 2.55. The third-order valence-corrected chi connectivity index (χ3v) is 1.86. The Morgan fingerprint density at radius 2 is 2.36 bits per heavy atom. The minimum Gasteiger partial charge on any atom is -0.378 e. The van der Waals surface area contributed by atoms with E-state index in [0.717, 1.165) is 6.42 Å². The summed E-state index contributed by atoms with van der Waals surface area (Å²) in [5, 5.41) is 0. The second-order valence-electron chi connectivity index (χ2n) is 2.48. The Kier molecular flexibility index (Phi) is 4.40. The average Bonchev–Trinajstić information content (AvgIpc) is 2.34. The molecule has 0 saturated carbocycles. The molecule has 11 heavy (non-hydrogen) atoms. The lowest BCUT2D eigenvalue weighted by Crippen LogP contribution is -2.38. The van der Waals surface area contributed by atoms with E-state index in [1.54, 1.807) is 0 Å². The number of nitrogens with one attached hydrogen (secondary N) is 1. The first kappa shape index (κ1) is 10.7. The molecule has 1 heterocycles. The fourth-order valence-electron chi connectivity index (χ4n) is 1.18. The SMILES string of the molecule is C[C@@H]1OCC[C@@H]1C(=O)NN.Cl. The highest BCUT2D eigenvalue weighted by atomic mass is 35.5. The van der Waals surface area contributed by atoms with Gasteiger partial charge in [-0.25, -0.2) is 5.84 Å². The summed E-state index contributed by atoms with van der Waals surface area (Å²) in [6.07, 6.45) is 0.799. The number of hydrazine groups is 1. The molecule has 66 valence electrons. The summed E-state index contributed by atoms with van der Waals surface area (Å²) < 4.78 is 5.17. The minimum atomic E-state index is -0.120. The van der Waals surface area contributed by atoms with Crippen LogP contribution in [-0.2, 0) is 9.53 Å². The maximum atomic E-state index is 10.9. The third kappa shape index (κ3) is 2.32. The zero-order valence-electron chi connectivity index (χ0n) is 6.37. The average molecular weight is 181 g/mol. The standard InChI is InChI=1S/C6H12N2O2.ClH/c1-4-5(2-3-10-4)6(9)8-7;/h4-5H,2-3,7H2,1H3,(H,8,9);1H/t4-,5-;/m0./s1. The zero-order valence-corrected chi connectivity index (χ0v) is 7.19. The Hall–Kier alpha value is -0.320. The Morgan fingerprint density at radius 3 is 2.73 bits per heavy atom. The maximum absolute atomic E-state index is 10.9. The lowest BCUT2D eigenvalue weighted by molar-refractivity contribution is -0.126. The molecule has 3 N–H and O–H groups in total. The van der Waals surface area contributed by atoms with Gasteiger partial charge >= 0.3 is 0 Å². The van der Waals surface area contributed by atoms with Crippen LogP contribution in [0.5, 0.6) is 0 Å². The molecule has 0 aliphatic carbocycles. The van der Waals surface area contributed by atoms with Gasteiger partial charge in [-0.05, 0) is 13.3 Å². The highest BCUT2D eigenvalue weighted by Gasteiger charge is 2.29. The van der Waals surface area contributed by atoms with E-state index >= 15 is 0 Å². The van der Waals surface area contributed by atoms with E-state index in [1.165, 1.54) is 0 Å². The van der Waals surface area contributed by atoms with Crippen LogP contribution >= 0.6 is 12.4 Å². The van der Waals surface area contributed by atoms with Gasteiger partial charge < -0.3 is 4.74 Å². The number of halogens is 1. The highest BCUT2D eigenvalue weighted by Crippen LogP contribution is 2.19. The lowest BCUT2D eigenvalue weighted by Gasteiger charge is -2.10. The molecule has 4 nitrogen and oxygen atoms in total. The molecule has 0 bridgehead atoms. The number of ether oxygens (including phenoxy) is 1. The summed E-state index contributed by atoms with van der Waals surface area (Å²) in [5.74, 6) is 4.79. The number of carbonyl (C=O) groups is 1. The van der Waals surface area contributed by atoms with Crippen molar-refractivity contribution in [1.82, 2.24) is 5.43 Å². The first-order chi connectivity index (χ1) is 4.75. The van der Waals surface area contributed by atoms with Gasteiger partial charge in [-0.15, -0.1) is 12.4 Å². The van der Waals surface area contributed by atoms with Crippen LogP contribution in [0.3, 0.4) is 0 Å². The topological polar surface area (TPSA) is 64.3 Å². The Labute approximate surface area is 71.8 Å². The summed E-state index contributed by atoms with van der Waals surface area (Å²) >= 11 is 0. The van der Waals surface area contributed by atoms with E-state index in [-0.39, 0.29) is 30.3 Å². The Morgan fingerprint density at radius 1 is 1.73 bits per heavy atom. The molecule has 0 aromatic rings. The molecule has 1 fully saturated rings. The van der Waals surface area contributed by atoms with Crippen molar-refractivity contribution in [3.05, 3.63) is 0 Å². The van der Waals surface area contributed by atoms with Gasteiger partial charge in [-0.2, -0.15) is 0 Å². The second-order valence-corrected chi connectivity index (χ2v) is 2.48. The van der Waals surface area contributed by atoms with Crippen LogP contribution in [0.15, 0.2) is 0 Å². The first-order valence-electron chi connectivity index (χ1n) is 3.37. The fraction of sp³-hybridized carbons (Fsp3) is 0.833. The van der Waals surface area contributed by atoms with Crippen LogP contribution in [0.1, 0.15) is 13.3 Å². The van der Waals surface area contributed by atoms with E-state index in [4.69, 9.17) is 10.6 Å². The monoisotopic (exact) mass is 180 g/mol. The molecule has 0 aromatic heterocycles. The van der Waals surface area contributed by atoms with Gasteiger partial charge in [0, 0.05) is 6.61 Å². The summed E-state index contributed by atoms with van der Waals surface area (Å²) in [5.41, 5.74) is 2.12. The Bertz CT molecular complexity index is 143. The molecule has 0 radical (unpaired) electrons. The van der Waals surface area contributed by atoms with Gasteiger partial charge in [-0.1, -0.05) is 0 Å². The molecule has 5 heteroatoms. The number of carbonyl (C=O) groups excluding carboxylic acids is 1. The third-order valence-electron chi connectivity index (χ3n) is 1.86. The van der Waals surface area contributed by atoms with Gasteiger partial charge in [0.2, 0.25) is 5.91 Å². The van der Waals surface area contributed by atoms with Crippen molar-refractivity contribution in [2.45, 2.75) is 19.4 Å². The van der Waals surface area contributed by atoms with Crippen LogP contribution in [0.25, 0.3) is 0 Å². The molecular weight excluding hydrogens is 168 g/mol. The summed E-state index contributed by atoms with van der Waals surface area (Å²) in [7, 11) is 0. The van der Waals surface area contributed by atoms with Gasteiger partial charge in [0.1, 0.15) is 0 Å². The van der Waals surface area contributed by atoms with Crippen molar-refractivity contribution in [2.24, 2.45) is 11.8 Å². The molecule has 1 amide bonds. The number of amides is 1. The summed E-state index contributed by atoms with van der Waals surface area (Å²) in [4.78, 5) is 10.9. The van der Waals surface area contributed by atoms with E-state index in [2.05, 4.69) is 5.43 Å². The smallest absolute Gasteiger partial charge is 0.239 e. The van der Waals surface area contributed by atoms with Crippen LogP contribution in [0.4, 0.5) is 0 Å². The lowest BCUT2D eigenvalue weighted by atomic mass is 10.0. The van der Waals surface area contributed by atoms with Gasteiger partial charge in [0.25, 0.3) is 0 Å². The van der Waals surface area contributed by atoms with Crippen LogP contribution in [0, 0.1) is 5.92 Å². The second kappa shape index (κ2) is 4.54. The number of hydrogen-bond donors (Lipinski definition) is 2. The van der Waals surface area contributed by atoms with Crippen LogP contribution in [-0.4, -0.2) is 18.6 Å². The van der Waals surface area contributed by atoms with E-state index in [1.807, 2.05) is 6.92 Å². The number of rotatable bonds is 1. The van der Waals surface area contributed by atoms with Gasteiger partial charge in [-0.3, -0.25) is 10.2 Å². The van der Waals surface area contributed by atoms with Crippen LogP contribution < -0.4 is 11.3 Å². The quantitative estimate of drug-likeness (QED) is 0.334. The molecule has 1 saturated heterocycles. The molecule has 1 rings (SSSR count). The van der Waals surface area contributed by atoms with Crippen molar-refractivity contribution in [1.29, 1.82) is 0 Å².